The molecule has 0 aliphatic carbocycles. The zero-order valence-corrected chi connectivity index (χ0v) is 38.0. The Morgan fingerprint density at radius 3 is 1.52 bits per heavy atom. The van der Waals surface area contributed by atoms with E-state index in [9.17, 15) is 39.9 Å². The molecular weight excluding hydrogens is 907 g/mol. The molecule has 7 rings (SSSR count). The van der Waals surface area contributed by atoms with Crippen LogP contribution < -0.4 is 5.76 Å². The van der Waals surface area contributed by atoms with Gasteiger partial charge in [-0.25, -0.2) is 23.5 Å². The summed E-state index contributed by atoms with van der Waals surface area (Å²) in [5, 5.41) is 13.8. The lowest BCUT2D eigenvalue weighted by molar-refractivity contribution is -0.138. The summed E-state index contributed by atoms with van der Waals surface area (Å²) in [6.07, 6.45) is -1.84. The third kappa shape index (κ3) is 12.5. The topological polar surface area (TPSA) is 108 Å². The second-order valence-electron chi connectivity index (χ2n) is 15.9. The lowest BCUT2D eigenvalue weighted by Gasteiger charge is -2.16. The molecule has 66 heavy (non-hydrogen) atoms. The number of aromatic nitrogens is 4. The van der Waals surface area contributed by atoms with E-state index < -0.39 is 40.9 Å². The molecule has 2 atom stereocenters. The standard InChI is InChI=1S/C25H23F4N3O2S.C24H22F4N2S/c1-3-4-5-17(12-15-6-11-19(20(26)13-15)22-31-24(33)34-32-22)21-14(2)30-23(35-21)16-7-9-18(10-8-16)25(27,28)29;1-3-4-5-18(12-16-6-7-19(14-29)21(25)13-16)22-15(2)30-23(31-22)17-8-10-20(11-9-17)24(26,27)28/h6-11,13,17H,3-5,12H2,1-2H3,(H,31,32,33);6-11,13,18H,3-5,12H2,1-2H3. The SMILES string of the molecule is CCCCC(Cc1ccc(-c2noc(=O)[nH]2)c(F)c1)c1sc(-c2ccc(C(F)(F)F)cc2)nc1C.CCCCC(Cc1ccc(C#N)c(F)c1)c1sc(-c2ccc(C(F)(F)F)cc2)nc1C. The number of nitrogens with zero attached hydrogens (tertiary/aromatic N) is 4. The number of aryl methyl sites for hydroxylation is 2. The van der Waals surface area contributed by atoms with Gasteiger partial charge in [-0.2, -0.15) is 31.6 Å². The molecule has 0 saturated carbocycles. The quantitative estimate of drug-likeness (QED) is 0.103. The van der Waals surface area contributed by atoms with Crippen molar-refractivity contribution in [2.75, 3.05) is 0 Å². The van der Waals surface area contributed by atoms with Gasteiger partial charge in [-0.3, -0.25) is 9.51 Å². The summed E-state index contributed by atoms with van der Waals surface area (Å²) in [6.45, 7) is 7.99. The number of hydrogen-bond acceptors (Lipinski definition) is 8. The van der Waals surface area contributed by atoms with Crippen molar-refractivity contribution in [3.05, 3.63) is 156 Å². The molecule has 0 bridgehead atoms. The molecule has 4 aromatic carbocycles. The molecule has 0 amide bonds. The Hall–Kier alpha value is -5.99. The van der Waals surface area contributed by atoms with Crippen molar-refractivity contribution in [3.8, 4) is 38.6 Å². The number of aromatic amines is 1. The largest absolute Gasteiger partial charge is 0.439 e. The van der Waals surface area contributed by atoms with Gasteiger partial charge in [-0.15, -0.1) is 22.7 Å². The van der Waals surface area contributed by atoms with Crippen molar-refractivity contribution in [2.45, 2.75) is 103 Å². The van der Waals surface area contributed by atoms with Crippen LogP contribution in [0.5, 0.6) is 0 Å². The number of hydrogen-bond donors (Lipinski definition) is 1. The number of benzene rings is 4. The third-order valence-electron chi connectivity index (χ3n) is 11.0. The first kappa shape index (κ1) is 49.4. The number of halogens is 8. The normalized spacial score (nSPS) is 12.7. The summed E-state index contributed by atoms with van der Waals surface area (Å²) >= 11 is 2.94. The van der Waals surface area contributed by atoms with Gasteiger partial charge in [0.15, 0.2) is 5.82 Å². The van der Waals surface area contributed by atoms with E-state index in [0.29, 0.717) is 34.0 Å². The summed E-state index contributed by atoms with van der Waals surface area (Å²) in [4.78, 5) is 24.9. The highest BCUT2D eigenvalue weighted by Crippen LogP contribution is 2.40. The molecule has 0 fully saturated rings. The summed E-state index contributed by atoms with van der Waals surface area (Å²) < 4.78 is 111. The Morgan fingerprint density at radius 2 is 1.14 bits per heavy atom. The molecule has 3 aromatic heterocycles. The molecule has 7 nitrogen and oxygen atoms in total. The third-order valence-corrected chi connectivity index (χ3v) is 13.7. The first-order chi connectivity index (χ1) is 31.4. The van der Waals surface area contributed by atoms with E-state index in [1.807, 2.05) is 19.9 Å². The predicted octanol–water partition coefficient (Wildman–Crippen LogP) is 14.8. The van der Waals surface area contributed by atoms with Crippen molar-refractivity contribution in [1.29, 1.82) is 5.26 Å². The maximum atomic E-state index is 14.8. The molecular formula is C49H45F8N5O2S2. The van der Waals surface area contributed by atoms with Gasteiger partial charge in [-0.1, -0.05) is 81.1 Å². The Labute approximate surface area is 384 Å². The number of alkyl halides is 6. The van der Waals surface area contributed by atoms with Crippen LogP contribution in [0.3, 0.4) is 0 Å². The van der Waals surface area contributed by atoms with Crippen molar-refractivity contribution in [3.63, 3.8) is 0 Å². The molecule has 2 unspecified atom stereocenters. The van der Waals surface area contributed by atoms with E-state index in [0.717, 1.165) is 95.1 Å². The van der Waals surface area contributed by atoms with Gasteiger partial charge in [0, 0.05) is 20.9 Å². The predicted molar refractivity (Wildman–Crippen MR) is 240 cm³/mol. The maximum Gasteiger partial charge on any atom is 0.439 e. The summed E-state index contributed by atoms with van der Waals surface area (Å²) in [5.74, 6) is -1.58. The maximum absolute atomic E-state index is 14.8. The second kappa shape index (κ2) is 21.5. The first-order valence-corrected chi connectivity index (χ1v) is 22.8. The van der Waals surface area contributed by atoms with Crippen LogP contribution in [0.15, 0.2) is 94.2 Å². The smallest absolute Gasteiger partial charge is 0.296 e. The minimum Gasteiger partial charge on any atom is -0.296 e. The number of nitriles is 1. The lowest BCUT2D eigenvalue weighted by atomic mass is 9.91. The van der Waals surface area contributed by atoms with Crippen molar-refractivity contribution >= 4 is 22.7 Å². The number of unbranched alkanes of at least 4 members (excludes halogenated alkanes) is 2. The highest BCUT2D eigenvalue weighted by molar-refractivity contribution is 7.15. The van der Waals surface area contributed by atoms with Crippen molar-refractivity contribution in [1.82, 2.24) is 20.1 Å². The zero-order valence-electron chi connectivity index (χ0n) is 36.3. The van der Waals surface area contributed by atoms with Crippen LogP contribution in [-0.4, -0.2) is 20.1 Å². The molecule has 7 aromatic rings. The molecule has 0 radical (unpaired) electrons. The van der Waals surface area contributed by atoms with Crippen LogP contribution in [-0.2, 0) is 25.2 Å². The van der Waals surface area contributed by atoms with Crippen LogP contribution in [0.1, 0.15) is 113 Å². The summed E-state index contributed by atoms with van der Waals surface area (Å²) in [7, 11) is 0. The van der Waals surface area contributed by atoms with Gasteiger partial charge >= 0.3 is 18.1 Å². The van der Waals surface area contributed by atoms with Gasteiger partial charge < -0.3 is 0 Å². The lowest BCUT2D eigenvalue weighted by Crippen LogP contribution is -2.04. The highest BCUT2D eigenvalue weighted by Gasteiger charge is 2.31. The molecule has 1 N–H and O–H groups in total. The highest BCUT2D eigenvalue weighted by atomic mass is 32.1. The van der Waals surface area contributed by atoms with Crippen molar-refractivity contribution in [2.24, 2.45) is 0 Å². The first-order valence-electron chi connectivity index (χ1n) is 21.2. The van der Waals surface area contributed by atoms with E-state index in [1.54, 1.807) is 18.2 Å². The van der Waals surface area contributed by atoms with Crippen LogP contribution in [0.25, 0.3) is 32.5 Å². The Balaban J connectivity index is 0.000000220. The Morgan fingerprint density at radius 1 is 0.682 bits per heavy atom. The fraction of sp³-hybridized carbons (Fsp3) is 0.327. The molecule has 0 aliphatic heterocycles. The fourth-order valence-corrected chi connectivity index (χ4v) is 9.96. The molecule has 346 valence electrons. The van der Waals surface area contributed by atoms with E-state index >= 15 is 0 Å². The van der Waals surface area contributed by atoms with E-state index in [1.165, 1.54) is 65.1 Å². The minimum atomic E-state index is -4.39. The molecule has 0 saturated heterocycles. The van der Waals surface area contributed by atoms with Gasteiger partial charge in [0.2, 0.25) is 0 Å². The van der Waals surface area contributed by atoms with Crippen LogP contribution in [0, 0.1) is 36.8 Å². The van der Waals surface area contributed by atoms with Crippen LogP contribution in [0.4, 0.5) is 35.1 Å². The van der Waals surface area contributed by atoms with E-state index in [2.05, 4.69) is 38.5 Å². The van der Waals surface area contributed by atoms with Crippen LogP contribution in [0.2, 0.25) is 0 Å². The fourth-order valence-electron chi connectivity index (χ4n) is 7.55. The average Bonchev–Trinajstić information content (AvgIpc) is 4.01. The average molecular weight is 952 g/mol. The molecule has 0 aliphatic rings. The Bertz CT molecular complexity index is 2820. The summed E-state index contributed by atoms with van der Waals surface area (Å²) in [5.41, 5.74) is 3.30. The number of H-pyrrole nitrogens is 1. The monoisotopic (exact) mass is 951 g/mol. The van der Waals surface area contributed by atoms with Gasteiger partial charge in [0.1, 0.15) is 27.7 Å². The van der Waals surface area contributed by atoms with E-state index in [4.69, 9.17) is 5.26 Å². The van der Waals surface area contributed by atoms with Crippen LogP contribution >= 0.6 is 22.7 Å². The van der Waals surface area contributed by atoms with Gasteiger partial charge in [-0.05, 0) is 111 Å². The number of nitrogens with one attached hydrogen (secondary N) is 1. The molecule has 3 heterocycles. The zero-order chi connectivity index (χ0) is 47.8. The van der Waals surface area contributed by atoms with Crippen molar-refractivity contribution < 1.29 is 39.6 Å². The molecule has 17 heteroatoms. The van der Waals surface area contributed by atoms with Gasteiger partial charge in [0.25, 0.3) is 0 Å². The van der Waals surface area contributed by atoms with Gasteiger partial charge in [0.05, 0.1) is 33.6 Å². The minimum absolute atomic E-state index is 0.0208. The summed E-state index contributed by atoms with van der Waals surface area (Å²) in [6, 6.07) is 21.3. The second-order valence-corrected chi connectivity index (χ2v) is 17.9. The number of rotatable bonds is 15. The number of thiazole rings is 2. The molecule has 0 spiro atoms. The Kier molecular flexibility index (Phi) is 16.1. The van der Waals surface area contributed by atoms with E-state index in [-0.39, 0.29) is 28.8 Å².